The number of carbonyl (C=O) groups is 2. The summed E-state index contributed by atoms with van der Waals surface area (Å²) in [6.45, 7) is 1.26. The van der Waals surface area contributed by atoms with Crippen LogP contribution in [0.5, 0.6) is 0 Å². The van der Waals surface area contributed by atoms with Gasteiger partial charge in [0, 0.05) is 52.9 Å². The molecule has 1 aliphatic rings. The summed E-state index contributed by atoms with van der Waals surface area (Å²) in [6, 6.07) is 12.4. The van der Waals surface area contributed by atoms with Gasteiger partial charge in [0.15, 0.2) is 0 Å². The SMILES string of the molecule is CN(C)CCn1cc(C2=C(c3c[nH]c4ccccc34)C(=O)NC2=O)c2cccc(F)c21. The lowest BCUT2D eigenvalue weighted by atomic mass is 9.95. The summed E-state index contributed by atoms with van der Waals surface area (Å²) in [6.07, 6.45) is 3.52. The third-order valence-corrected chi connectivity index (χ3v) is 5.70. The summed E-state index contributed by atoms with van der Waals surface area (Å²) < 4.78 is 16.6. The van der Waals surface area contributed by atoms with Crippen molar-refractivity contribution in [3.05, 3.63) is 71.8 Å². The third kappa shape index (κ3) is 3.05. The molecule has 7 heteroatoms. The van der Waals surface area contributed by atoms with Crippen molar-refractivity contribution in [3.8, 4) is 0 Å². The average Bonchev–Trinajstić information content (AvgIpc) is 3.40. The molecule has 0 radical (unpaired) electrons. The molecule has 3 heterocycles. The van der Waals surface area contributed by atoms with Gasteiger partial charge in [-0.1, -0.05) is 30.3 Å². The van der Waals surface area contributed by atoms with Crippen LogP contribution in [0.4, 0.5) is 4.39 Å². The van der Waals surface area contributed by atoms with Gasteiger partial charge in [0.1, 0.15) is 5.82 Å². The standard InChI is InChI=1S/C24H21FN4O2/c1-28(2)10-11-29-13-17(15-7-5-8-18(25)22(15)29)21-20(23(30)27-24(21)31)16-12-26-19-9-4-3-6-14(16)19/h3-9,12-13,26H,10-11H2,1-2H3,(H,27,30,31). The zero-order chi connectivity index (χ0) is 21.7. The Labute approximate surface area is 178 Å². The van der Waals surface area contributed by atoms with Crippen molar-refractivity contribution in [2.45, 2.75) is 6.54 Å². The number of para-hydroxylation sites is 2. The Balaban J connectivity index is 1.78. The number of imide groups is 1. The topological polar surface area (TPSA) is 70.1 Å². The molecule has 0 aliphatic carbocycles. The Morgan fingerprint density at radius 2 is 1.65 bits per heavy atom. The molecule has 4 aromatic rings. The lowest BCUT2D eigenvalue weighted by Gasteiger charge is -2.11. The number of aromatic nitrogens is 2. The summed E-state index contributed by atoms with van der Waals surface area (Å²) >= 11 is 0. The van der Waals surface area contributed by atoms with Crippen LogP contribution in [0.15, 0.2) is 54.9 Å². The number of hydrogen-bond acceptors (Lipinski definition) is 3. The van der Waals surface area contributed by atoms with E-state index in [1.54, 1.807) is 24.5 Å². The number of benzene rings is 2. The van der Waals surface area contributed by atoms with E-state index in [1.165, 1.54) is 6.07 Å². The van der Waals surface area contributed by atoms with Gasteiger partial charge in [-0.25, -0.2) is 4.39 Å². The van der Waals surface area contributed by atoms with Gasteiger partial charge in [0.05, 0.1) is 16.7 Å². The van der Waals surface area contributed by atoms with Crippen molar-refractivity contribution in [3.63, 3.8) is 0 Å². The van der Waals surface area contributed by atoms with Crippen LogP contribution in [0.3, 0.4) is 0 Å². The van der Waals surface area contributed by atoms with Crippen molar-refractivity contribution >= 4 is 44.8 Å². The predicted octanol–water partition coefficient (Wildman–Crippen LogP) is 3.39. The van der Waals surface area contributed by atoms with E-state index in [1.807, 2.05) is 47.8 Å². The Bertz CT molecular complexity index is 1390. The minimum Gasteiger partial charge on any atom is -0.361 e. The van der Waals surface area contributed by atoms with Crippen LogP contribution < -0.4 is 5.32 Å². The number of rotatable bonds is 5. The molecule has 0 saturated heterocycles. The first-order valence-corrected chi connectivity index (χ1v) is 10.0. The minimum absolute atomic E-state index is 0.272. The molecule has 5 rings (SSSR count). The number of carbonyl (C=O) groups excluding carboxylic acids is 2. The first-order chi connectivity index (χ1) is 15.0. The van der Waals surface area contributed by atoms with Crippen molar-refractivity contribution in [2.75, 3.05) is 20.6 Å². The summed E-state index contributed by atoms with van der Waals surface area (Å²) in [4.78, 5) is 30.9. The molecule has 2 amide bonds. The minimum atomic E-state index is -0.471. The van der Waals surface area contributed by atoms with E-state index in [-0.39, 0.29) is 11.4 Å². The lowest BCUT2D eigenvalue weighted by Crippen LogP contribution is -2.22. The molecule has 0 spiro atoms. The van der Waals surface area contributed by atoms with E-state index >= 15 is 0 Å². The first-order valence-electron chi connectivity index (χ1n) is 10.0. The summed E-state index contributed by atoms with van der Waals surface area (Å²) in [5.74, 6) is -1.28. The van der Waals surface area contributed by atoms with Crippen LogP contribution >= 0.6 is 0 Å². The maximum absolute atomic E-state index is 14.8. The maximum Gasteiger partial charge on any atom is 0.259 e. The largest absolute Gasteiger partial charge is 0.361 e. The molecular formula is C24H21FN4O2. The van der Waals surface area contributed by atoms with E-state index in [2.05, 4.69) is 10.3 Å². The fourth-order valence-electron chi connectivity index (χ4n) is 4.25. The second-order valence-electron chi connectivity index (χ2n) is 7.96. The van der Waals surface area contributed by atoms with Crippen LogP contribution in [-0.2, 0) is 16.1 Å². The zero-order valence-corrected chi connectivity index (χ0v) is 17.2. The second-order valence-corrected chi connectivity index (χ2v) is 7.96. The fraction of sp³-hybridized carbons (Fsp3) is 0.167. The second kappa shape index (κ2) is 7.21. The molecule has 0 unspecified atom stereocenters. The molecule has 6 nitrogen and oxygen atoms in total. The van der Waals surface area contributed by atoms with Crippen LogP contribution in [0.2, 0.25) is 0 Å². The molecule has 0 atom stereocenters. The number of nitrogens with zero attached hydrogens (tertiary/aromatic N) is 2. The van der Waals surface area contributed by atoms with Crippen molar-refractivity contribution in [2.24, 2.45) is 0 Å². The van der Waals surface area contributed by atoms with E-state index in [9.17, 15) is 14.0 Å². The summed E-state index contributed by atoms with van der Waals surface area (Å²) in [5, 5.41) is 3.89. The van der Waals surface area contributed by atoms with E-state index < -0.39 is 11.8 Å². The number of nitrogens with one attached hydrogen (secondary N) is 2. The van der Waals surface area contributed by atoms with Crippen LogP contribution in [-0.4, -0.2) is 46.9 Å². The number of aromatic amines is 1. The van der Waals surface area contributed by atoms with Crippen LogP contribution in [0.25, 0.3) is 33.0 Å². The number of fused-ring (bicyclic) bond motifs is 2. The van der Waals surface area contributed by atoms with Gasteiger partial charge < -0.3 is 14.5 Å². The molecule has 2 aromatic heterocycles. The van der Waals surface area contributed by atoms with E-state index in [4.69, 9.17) is 0 Å². The molecule has 0 fully saturated rings. The van der Waals surface area contributed by atoms with Crippen molar-refractivity contribution in [1.29, 1.82) is 0 Å². The molecule has 2 aromatic carbocycles. The highest BCUT2D eigenvalue weighted by atomic mass is 19.1. The van der Waals surface area contributed by atoms with Gasteiger partial charge in [-0.2, -0.15) is 0 Å². The Hall–Kier alpha value is -3.71. The van der Waals surface area contributed by atoms with Gasteiger partial charge in [0.25, 0.3) is 11.8 Å². The number of likely N-dealkylation sites (N-methyl/N-ethyl adjacent to an activating group) is 1. The smallest absolute Gasteiger partial charge is 0.259 e. The molecule has 0 saturated carbocycles. The Morgan fingerprint density at radius 1 is 0.935 bits per heavy atom. The van der Waals surface area contributed by atoms with Gasteiger partial charge in [0.2, 0.25) is 0 Å². The quantitative estimate of drug-likeness (QED) is 0.490. The highest BCUT2D eigenvalue weighted by Gasteiger charge is 2.35. The highest BCUT2D eigenvalue weighted by molar-refractivity contribution is 6.50. The monoisotopic (exact) mass is 416 g/mol. The molecule has 156 valence electrons. The Morgan fingerprint density at radius 3 is 2.42 bits per heavy atom. The molecule has 1 aliphatic heterocycles. The van der Waals surface area contributed by atoms with Crippen molar-refractivity contribution < 1.29 is 14.0 Å². The first kappa shape index (κ1) is 19.3. The maximum atomic E-state index is 14.8. The Kier molecular flexibility index (Phi) is 4.48. The number of H-pyrrole nitrogens is 1. The van der Waals surface area contributed by atoms with Gasteiger partial charge >= 0.3 is 0 Å². The van der Waals surface area contributed by atoms with Gasteiger partial charge in [-0.05, 0) is 26.2 Å². The molecule has 31 heavy (non-hydrogen) atoms. The van der Waals surface area contributed by atoms with E-state index in [0.29, 0.717) is 40.7 Å². The highest BCUT2D eigenvalue weighted by Crippen LogP contribution is 2.38. The summed E-state index contributed by atoms with van der Waals surface area (Å²) in [5.41, 5.74) is 3.08. The molecular weight excluding hydrogens is 395 g/mol. The van der Waals surface area contributed by atoms with Crippen LogP contribution in [0, 0.1) is 5.82 Å². The number of hydrogen-bond donors (Lipinski definition) is 2. The van der Waals surface area contributed by atoms with Gasteiger partial charge in [-0.3, -0.25) is 14.9 Å². The van der Waals surface area contributed by atoms with Crippen molar-refractivity contribution in [1.82, 2.24) is 19.8 Å². The van der Waals surface area contributed by atoms with Crippen LogP contribution in [0.1, 0.15) is 11.1 Å². The lowest BCUT2D eigenvalue weighted by molar-refractivity contribution is -0.122. The van der Waals surface area contributed by atoms with Gasteiger partial charge in [-0.15, -0.1) is 0 Å². The zero-order valence-electron chi connectivity index (χ0n) is 17.2. The van der Waals surface area contributed by atoms with E-state index in [0.717, 1.165) is 10.9 Å². The predicted molar refractivity (Wildman–Crippen MR) is 119 cm³/mol. The third-order valence-electron chi connectivity index (χ3n) is 5.70. The molecule has 2 N–H and O–H groups in total. The average molecular weight is 416 g/mol. The number of amides is 2. The molecule has 0 bridgehead atoms. The number of halogens is 1. The summed E-state index contributed by atoms with van der Waals surface area (Å²) in [7, 11) is 3.90. The normalized spacial score (nSPS) is 14.5. The fourth-order valence-corrected chi connectivity index (χ4v) is 4.25.